The van der Waals surface area contributed by atoms with E-state index in [1.54, 1.807) is 0 Å². The summed E-state index contributed by atoms with van der Waals surface area (Å²) in [4.78, 5) is 0. The zero-order valence-electron chi connectivity index (χ0n) is 33.5. The molecule has 0 N–H and O–H groups in total. The second-order valence-corrected chi connectivity index (χ2v) is 16.8. The van der Waals surface area contributed by atoms with Crippen molar-refractivity contribution < 1.29 is 0 Å². The van der Waals surface area contributed by atoms with Crippen LogP contribution in [0.5, 0.6) is 0 Å². The summed E-state index contributed by atoms with van der Waals surface area (Å²) in [5, 5.41) is 15.6. The summed E-state index contributed by atoms with van der Waals surface area (Å²) in [5.41, 5.74) is 15.4. The SMILES string of the molecule is c1cc(-c2ccc3c(c2)-c2cc(-c4cccc(-c5ccc6c7ccccc7c7ccccc7c6c5)c4)ccc2C3)cc(-c2ccc3c4ccccc4c4ccccc4c3c2)c1. The van der Waals surface area contributed by atoms with Crippen molar-refractivity contribution in [2.45, 2.75) is 6.42 Å². The molecule has 0 aromatic heterocycles. The molecule has 0 saturated carbocycles. The van der Waals surface area contributed by atoms with Crippen molar-refractivity contribution in [1.82, 2.24) is 0 Å². The summed E-state index contributed by atoms with van der Waals surface area (Å²) in [6, 6.07) is 81.6. The van der Waals surface area contributed by atoms with Gasteiger partial charge in [0.25, 0.3) is 0 Å². The maximum Gasteiger partial charge on any atom is -0.00134 e. The van der Waals surface area contributed by atoms with Crippen LogP contribution in [0.15, 0.2) is 218 Å². The molecule has 12 aromatic rings. The molecule has 0 saturated heterocycles. The van der Waals surface area contributed by atoms with Gasteiger partial charge in [-0.15, -0.1) is 0 Å². The van der Waals surface area contributed by atoms with Crippen molar-refractivity contribution in [3.8, 4) is 55.6 Å². The van der Waals surface area contributed by atoms with Gasteiger partial charge in [-0.1, -0.05) is 182 Å². The third kappa shape index (κ3) is 5.39. The van der Waals surface area contributed by atoms with Crippen LogP contribution < -0.4 is 0 Å². The summed E-state index contributed by atoms with van der Waals surface area (Å²) in [6.45, 7) is 0. The van der Waals surface area contributed by atoms with Crippen LogP contribution in [-0.2, 0) is 6.42 Å². The zero-order chi connectivity index (χ0) is 40.0. The fourth-order valence-corrected chi connectivity index (χ4v) is 10.5. The third-order valence-electron chi connectivity index (χ3n) is 13.4. The van der Waals surface area contributed by atoms with Crippen molar-refractivity contribution in [3.63, 3.8) is 0 Å². The normalized spacial score (nSPS) is 12.2. The standard InChI is InChI=1S/C61H38/c1-3-19-52-48(15-1)50-17-5-7-21-54(50)60-36-44(27-29-56(52)60)40-13-9-11-38(31-40)42-23-25-46-33-47-26-24-43(35-59(47)58(46)34-42)39-12-10-14-41(32-39)45-28-30-57-53-20-4-2-16-49(53)51-18-6-8-22-55(51)61(57)37-45/h1-32,34-37H,33H2. The lowest BCUT2D eigenvalue weighted by molar-refractivity contribution is 1.26. The lowest BCUT2D eigenvalue weighted by Gasteiger charge is -2.13. The molecular formula is C61H38. The van der Waals surface area contributed by atoms with Crippen molar-refractivity contribution in [3.05, 3.63) is 230 Å². The first kappa shape index (κ1) is 34.1. The van der Waals surface area contributed by atoms with E-state index in [4.69, 9.17) is 0 Å². The minimum absolute atomic E-state index is 0.963. The van der Waals surface area contributed by atoms with Gasteiger partial charge < -0.3 is 0 Å². The number of hydrogen-bond acceptors (Lipinski definition) is 0. The highest BCUT2D eigenvalue weighted by molar-refractivity contribution is 6.27. The lowest BCUT2D eigenvalue weighted by Crippen LogP contribution is -1.87. The smallest absolute Gasteiger partial charge is 0.00134 e. The zero-order valence-corrected chi connectivity index (χ0v) is 33.5. The van der Waals surface area contributed by atoms with E-state index in [1.165, 1.54) is 131 Å². The van der Waals surface area contributed by atoms with Gasteiger partial charge in [0.05, 0.1) is 0 Å². The van der Waals surface area contributed by atoms with E-state index in [-0.39, 0.29) is 0 Å². The second-order valence-electron chi connectivity index (χ2n) is 16.8. The molecule has 12 aromatic carbocycles. The molecule has 0 fully saturated rings. The first-order valence-electron chi connectivity index (χ1n) is 21.4. The van der Waals surface area contributed by atoms with Gasteiger partial charge in [-0.25, -0.2) is 0 Å². The average molecular weight is 771 g/mol. The fourth-order valence-electron chi connectivity index (χ4n) is 10.5. The summed E-state index contributed by atoms with van der Waals surface area (Å²) < 4.78 is 0. The molecule has 0 unspecified atom stereocenters. The maximum atomic E-state index is 2.42. The van der Waals surface area contributed by atoms with E-state index in [1.807, 2.05) is 0 Å². The van der Waals surface area contributed by atoms with Crippen LogP contribution in [-0.4, -0.2) is 0 Å². The van der Waals surface area contributed by atoms with E-state index >= 15 is 0 Å². The Morgan fingerprint density at radius 3 is 0.787 bits per heavy atom. The second kappa shape index (κ2) is 13.4. The van der Waals surface area contributed by atoms with Gasteiger partial charge in [0, 0.05) is 0 Å². The van der Waals surface area contributed by atoms with Crippen molar-refractivity contribution >= 4 is 64.6 Å². The molecule has 61 heavy (non-hydrogen) atoms. The van der Waals surface area contributed by atoms with Gasteiger partial charge in [-0.3, -0.25) is 0 Å². The fraction of sp³-hybridized carbons (Fsp3) is 0.0164. The largest absolute Gasteiger partial charge is 0.0616 e. The molecular weight excluding hydrogens is 733 g/mol. The summed E-state index contributed by atoms with van der Waals surface area (Å²) in [5.74, 6) is 0. The first-order valence-corrected chi connectivity index (χ1v) is 21.4. The highest BCUT2D eigenvalue weighted by Gasteiger charge is 2.21. The molecule has 0 radical (unpaired) electrons. The lowest BCUT2D eigenvalue weighted by atomic mass is 9.91. The van der Waals surface area contributed by atoms with Gasteiger partial charge >= 0.3 is 0 Å². The Balaban J connectivity index is 0.856. The average Bonchev–Trinajstić information content (AvgIpc) is 3.71. The Kier molecular flexibility index (Phi) is 7.47. The van der Waals surface area contributed by atoms with Crippen molar-refractivity contribution in [1.29, 1.82) is 0 Å². The molecule has 282 valence electrons. The Morgan fingerprint density at radius 1 is 0.180 bits per heavy atom. The van der Waals surface area contributed by atoms with Crippen LogP contribution in [0.4, 0.5) is 0 Å². The Morgan fingerprint density at radius 2 is 0.443 bits per heavy atom. The van der Waals surface area contributed by atoms with E-state index in [9.17, 15) is 0 Å². The molecule has 0 aliphatic heterocycles. The van der Waals surface area contributed by atoms with E-state index < -0.39 is 0 Å². The van der Waals surface area contributed by atoms with Gasteiger partial charge in [0.2, 0.25) is 0 Å². The molecule has 0 bridgehead atoms. The monoisotopic (exact) mass is 770 g/mol. The number of rotatable bonds is 4. The predicted molar refractivity (Wildman–Crippen MR) is 261 cm³/mol. The van der Waals surface area contributed by atoms with E-state index in [2.05, 4.69) is 218 Å². The highest BCUT2D eigenvalue weighted by atomic mass is 14.2. The quantitative estimate of drug-likeness (QED) is 0.156. The van der Waals surface area contributed by atoms with Gasteiger partial charge in [0.15, 0.2) is 0 Å². The summed E-state index contributed by atoms with van der Waals surface area (Å²) >= 11 is 0. The summed E-state index contributed by atoms with van der Waals surface area (Å²) in [6.07, 6.45) is 0.963. The first-order chi connectivity index (χ1) is 30.2. The van der Waals surface area contributed by atoms with Gasteiger partial charge in [0.1, 0.15) is 0 Å². The molecule has 0 atom stereocenters. The number of benzene rings is 12. The van der Waals surface area contributed by atoms with Crippen LogP contribution >= 0.6 is 0 Å². The molecule has 1 aliphatic carbocycles. The van der Waals surface area contributed by atoms with Crippen LogP contribution in [0.25, 0.3) is 120 Å². The van der Waals surface area contributed by atoms with Crippen LogP contribution in [0, 0.1) is 0 Å². The Hall–Kier alpha value is -7.80. The summed E-state index contributed by atoms with van der Waals surface area (Å²) in [7, 11) is 0. The van der Waals surface area contributed by atoms with Crippen LogP contribution in [0.1, 0.15) is 11.1 Å². The number of fused-ring (bicyclic) bond motifs is 15. The van der Waals surface area contributed by atoms with Crippen molar-refractivity contribution in [2.75, 3.05) is 0 Å². The van der Waals surface area contributed by atoms with E-state index in [0.717, 1.165) is 6.42 Å². The van der Waals surface area contributed by atoms with Crippen LogP contribution in [0.2, 0.25) is 0 Å². The third-order valence-corrected chi connectivity index (χ3v) is 13.4. The molecule has 0 spiro atoms. The number of hydrogen-bond donors (Lipinski definition) is 0. The predicted octanol–water partition coefficient (Wildman–Crippen LogP) is 16.8. The molecule has 1 aliphatic rings. The minimum Gasteiger partial charge on any atom is -0.0616 e. The van der Waals surface area contributed by atoms with Gasteiger partial charge in [-0.05, 0) is 174 Å². The Labute approximate surface area is 354 Å². The molecule has 0 heteroatoms. The Bertz CT molecular complexity index is 3470. The highest BCUT2D eigenvalue weighted by Crippen LogP contribution is 2.43. The molecule has 0 amide bonds. The van der Waals surface area contributed by atoms with Crippen molar-refractivity contribution in [2.24, 2.45) is 0 Å². The van der Waals surface area contributed by atoms with Crippen LogP contribution in [0.3, 0.4) is 0 Å². The molecule has 13 rings (SSSR count). The molecule has 0 heterocycles. The maximum absolute atomic E-state index is 2.42. The minimum atomic E-state index is 0.963. The topological polar surface area (TPSA) is 0 Å². The van der Waals surface area contributed by atoms with Gasteiger partial charge in [-0.2, -0.15) is 0 Å². The van der Waals surface area contributed by atoms with E-state index in [0.29, 0.717) is 0 Å². The molecule has 0 nitrogen and oxygen atoms in total.